The van der Waals surface area contributed by atoms with Crippen molar-refractivity contribution in [1.29, 1.82) is 0 Å². The van der Waals surface area contributed by atoms with E-state index < -0.39 is 0 Å². The molecule has 0 aliphatic rings. The average Bonchev–Trinajstić information content (AvgIpc) is 3.24. The van der Waals surface area contributed by atoms with Crippen molar-refractivity contribution in [3.63, 3.8) is 0 Å². The second-order valence-corrected chi connectivity index (χ2v) is 6.46. The van der Waals surface area contributed by atoms with E-state index in [0.717, 1.165) is 21.9 Å². The molecular weight excluding hydrogens is 326 g/mol. The summed E-state index contributed by atoms with van der Waals surface area (Å²) >= 11 is 0. The van der Waals surface area contributed by atoms with Crippen LogP contribution in [0.3, 0.4) is 0 Å². The third kappa shape index (κ3) is 3.31. The fourth-order valence-corrected chi connectivity index (χ4v) is 3.18. The molecule has 0 bridgehead atoms. The molecule has 0 unspecified atom stereocenters. The number of hydrogen-bond acceptors (Lipinski definition) is 3. The van der Waals surface area contributed by atoms with Crippen molar-refractivity contribution in [3.8, 4) is 0 Å². The fourth-order valence-electron chi connectivity index (χ4n) is 3.18. The number of benzene rings is 2. The van der Waals surface area contributed by atoms with E-state index in [4.69, 9.17) is 0 Å². The Labute approximate surface area is 151 Å². The molecule has 0 fully saturated rings. The predicted molar refractivity (Wildman–Crippen MR) is 102 cm³/mol. The highest BCUT2D eigenvalue weighted by molar-refractivity contribution is 5.80. The average molecular weight is 347 g/mol. The predicted octanol–water partition coefficient (Wildman–Crippen LogP) is 2.90. The molecule has 132 valence electrons. The van der Waals surface area contributed by atoms with Crippen LogP contribution in [0, 0.1) is 6.92 Å². The minimum Gasteiger partial charge on any atom is -0.354 e. The smallest absolute Gasteiger partial charge is 0.221 e. The number of carbonyl (C=O) groups excluding carboxylic acids is 1. The first-order valence-electron chi connectivity index (χ1n) is 8.79. The summed E-state index contributed by atoms with van der Waals surface area (Å²) in [5, 5.41) is 8.47. The third-order valence-electron chi connectivity index (χ3n) is 4.55. The maximum Gasteiger partial charge on any atom is 0.221 e. The molecule has 1 N–H and O–H groups in total. The molecule has 2 aromatic heterocycles. The Morgan fingerprint density at radius 1 is 1.12 bits per heavy atom. The highest BCUT2D eigenvalue weighted by Crippen LogP contribution is 2.15. The fraction of sp³-hybridized carbons (Fsp3) is 0.250. The summed E-state index contributed by atoms with van der Waals surface area (Å²) in [6.07, 6.45) is 4.08. The number of rotatable bonds is 6. The summed E-state index contributed by atoms with van der Waals surface area (Å²) in [6, 6.07) is 14.2. The van der Waals surface area contributed by atoms with E-state index in [-0.39, 0.29) is 5.91 Å². The zero-order valence-corrected chi connectivity index (χ0v) is 14.7. The van der Waals surface area contributed by atoms with Crippen LogP contribution in [-0.2, 0) is 17.9 Å². The lowest BCUT2D eigenvalue weighted by atomic mass is 10.2. The monoisotopic (exact) mass is 347 g/mol. The first kappa shape index (κ1) is 16.3. The molecule has 0 spiro atoms. The molecule has 0 saturated heterocycles. The Balaban J connectivity index is 1.30. The lowest BCUT2D eigenvalue weighted by molar-refractivity contribution is -0.121. The van der Waals surface area contributed by atoms with Gasteiger partial charge >= 0.3 is 0 Å². The molecule has 1 amide bonds. The number of carbonyl (C=O) groups is 1. The number of amides is 1. The largest absolute Gasteiger partial charge is 0.354 e. The Kier molecular flexibility index (Phi) is 4.39. The summed E-state index contributed by atoms with van der Waals surface area (Å²) in [5.74, 6) is 0.0326. The summed E-state index contributed by atoms with van der Waals surface area (Å²) in [4.78, 5) is 16.5. The van der Waals surface area contributed by atoms with Crippen molar-refractivity contribution in [2.45, 2.75) is 26.4 Å². The van der Waals surface area contributed by atoms with Crippen LogP contribution in [0.15, 0.2) is 55.0 Å². The summed E-state index contributed by atoms with van der Waals surface area (Å²) in [7, 11) is 0. The van der Waals surface area contributed by atoms with Crippen molar-refractivity contribution in [3.05, 3.63) is 60.6 Å². The van der Waals surface area contributed by atoms with Gasteiger partial charge in [-0.3, -0.25) is 9.48 Å². The number of para-hydroxylation sites is 2. The SMILES string of the molecule is Cc1ccc2c(cnn2CCC(=O)NCCn2cnc3ccccc32)c1. The first-order valence-corrected chi connectivity index (χ1v) is 8.79. The van der Waals surface area contributed by atoms with E-state index in [1.807, 2.05) is 41.5 Å². The maximum atomic E-state index is 12.1. The van der Waals surface area contributed by atoms with Crippen molar-refractivity contribution in [2.75, 3.05) is 6.54 Å². The molecule has 0 radical (unpaired) electrons. The summed E-state index contributed by atoms with van der Waals surface area (Å²) in [5.41, 5.74) is 4.33. The van der Waals surface area contributed by atoms with Gasteiger partial charge in [0.15, 0.2) is 0 Å². The Bertz CT molecular complexity index is 1060. The van der Waals surface area contributed by atoms with Gasteiger partial charge in [0, 0.05) is 24.9 Å². The number of fused-ring (bicyclic) bond motifs is 2. The van der Waals surface area contributed by atoms with Crippen LogP contribution in [0.1, 0.15) is 12.0 Å². The van der Waals surface area contributed by atoms with Crippen LogP contribution in [-0.4, -0.2) is 31.8 Å². The number of aryl methyl sites for hydroxylation is 2. The zero-order chi connectivity index (χ0) is 17.9. The van der Waals surface area contributed by atoms with E-state index in [9.17, 15) is 4.79 Å². The minimum absolute atomic E-state index is 0.0326. The van der Waals surface area contributed by atoms with Gasteiger partial charge in [0.2, 0.25) is 5.91 Å². The van der Waals surface area contributed by atoms with Gasteiger partial charge in [-0.05, 0) is 31.2 Å². The quantitative estimate of drug-likeness (QED) is 0.583. The summed E-state index contributed by atoms with van der Waals surface area (Å²) in [6.45, 7) is 3.93. The molecule has 0 aliphatic carbocycles. The van der Waals surface area contributed by atoms with Crippen LogP contribution < -0.4 is 5.32 Å². The molecule has 4 aromatic rings. The molecule has 6 nitrogen and oxygen atoms in total. The van der Waals surface area contributed by atoms with Crippen molar-refractivity contribution >= 4 is 27.8 Å². The van der Waals surface area contributed by atoms with E-state index >= 15 is 0 Å². The van der Waals surface area contributed by atoms with Crippen molar-refractivity contribution < 1.29 is 4.79 Å². The highest BCUT2D eigenvalue weighted by atomic mass is 16.1. The van der Waals surface area contributed by atoms with Gasteiger partial charge in [0.25, 0.3) is 0 Å². The molecule has 6 heteroatoms. The minimum atomic E-state index is 0.0326. The lowest BCUT2D eigenvalue weighted by Gasteiger charge is -2.08. The number of nitrogens with zero attached hydrogens (tertiary/aromatic N) is 4. The first-order chi connectivity index (χ1) is 12.7. The lowest BCUT2D eigenvalue weighted by Crippen LogP contribution is -2.28. The molecule has 0 aliphatic heterocycles. The van der Waals surface area contributed by atoms with Crippen LogP contribution in [0.2, 0.25) is 0 Å². The van der Waals surface area contributed by atoms with Crippen molar-refractivity contribution in [1.82, 2.24) is 24.6 Å². The van der Waals surface area contributed by atoms with Crippen LogP contribution in [0.5, 0.6) is 0 Å². The van der Waals surface area contributed by atoms with Gasteiger partial charge in [0.05, 0.1) is 35.6 Å². The normalized spacial score (nSPS) is 11.3. The van der Waals surface area contributed by atoms with Gasteiger partial charge in [-0.15, -0.1) is 0 Å². The standard InChI is InChI=1S/C20H21N5O/c1-15-6-7-18-16(12-15)13-23-25(18)10-8-20(26)21-9-11-24-14-22-17-4-2-3-5-19(17)24/h2-7,12-14H,8-11H2,1H3,(H,21,26). The topological polar surface area (TPSA) is 64.7 Å². The Morgan fingerprint density at radius 3 is 2.92 bits per heavy atom. The molecule has 4 rings (SSSR count). The summed E-state index contributed by atoms with van der Waals surface area (Å²) < 4.78 is 3.94. The molecule has 26 heavy (non-hydrogen) atoms. The maximum absolute atomic E-state index is 12.1. The van der Waals surface area contributed by atoms with Crippen LogP contribution >= 0.6 is 0 Å². The van der Waals surface area contributed by atoms with Gasteiger partial charge in [0.1, 0.15) is 0 Å². The van der Waals surface area contributed by atoms with Gasteiger partial charge < -0.3 is 9.88 Å². The zero-order valence-electron chi connectivity index (χ0n) is 14.7. The molecule has 0 atom stereocenters. The highest BCUT2D eigenvalue weighted by Gasteiger charge is 2.07. The van der Waals surface area contributed by atoms with Crippen LogP contribution in [0.4, 0.5) is 0 Å². The van der Waals surface area contributed by atoms with Gasteiger partial charge in [-0.1, -0.05) is 23.8 Å². The molecule has 0 saturated carbocycles. The van der Waals surface area contributed by atoms with Gasteiger partial charge in [-0.2, -0.15) is 5.10 Å². The third-order valence-corrected chi connectivity index (χ3v) is 4.55. The number of aromatic nitrogens is 4. The van der Waals surface area contributed by atoms with Crippen LogP contribution in [0.25, 0.3) is 21.9 Å². The second kappa shape index (κ2) is 7.00. The molecule has 2 aromatic carbocycles. The molecular formula is C20H21N5O. The number of hydrogen-bond donors (Lipinski definition) is 1. The van der Waals surface area contributed by atoms with E-state index in [0.29, 0.717) is 26.1 Å². The number of nitrogens with one attached hydrogen (secondary N) is 1. The second-order valence-electron chi connectivity index (χ2n) is 6.46. The molecule has 2 heterocycles. The Hall–Kier alpha value is -3.15. The Morgan fingerprint density at radius 2 is 2.00 bits per heavy atom. The number of imidazole rings is 1. The van der Waals surface area contributed by atoms with Gasteiger partial charge in [-0.25, -0.2) is 4.98 Å². The van der Waals surface area contributed by atoms with E-state index in [2.05, 4.69) is 45.1 Å². The van der Waals surface area contributed by atoms with E-state index in [1.165, 1.54) is 5.56 Å². The van der Waals surface area contributed by atoms with Crippen molar-refractivity contribution in [2.24, 2.45) is 0 Å². The van der Waals surface area contributed by atoms with E-state index in [1.54, 1.807) is 0 Å².